The van der Waals surface area contributed by atoms with E-state index in [4.69, 9.17) is 23.7 Å². The smallest absolute Gasteiger partial charge is 0.335 e. The molecule has 12 nitrogen and oxygen atoms in total. The molecule has 0 aliphatic carbocycles. The Labute approximate surface area is 454 Å². The number of aliphatic carboxylic acids is 1. The SMILES string of the molecule is CC/C=C\C/C=C\C/C=C\C/C=C\C/C=C\CC(=O)OC(COC(=O)CCCCCCCCCCC/C=C\CCCCCCCC)COC1OC(C(=O)O)C(O)C(O)C1OC(=O)CCCCCCC/C=C\CCCC. The summed E-state index contributed by atoms with van der Waals surface area (Å²) in [5, 5.41) is 31.4. The van der Waals surface area contributed by atoms with Crippen molar-refractivity contribution in [2.75, 3.05) is 13.2 Å². The van der Waals surface area contributed by atoms with Gasteiger partial charge in [0, 0.05) is 12.8 Å². The van der Waals surface area contributed by atoms with Crippen LogP contribution in [-0.4, -0.2) is 89.2 Å². The fourth-order valence-corrected chi connectivity index (χ4v) is 8.42. The van der Waals surface area contributed by atoms with E-state index in [1.54, 1.807) is 6.08 Å². The molecule has 0 saturated carbocycles. The summed E-state index contributed by atoms with van der Waals surface area (Å²) in [5.74, 6) is -3.30. The summed E-state index contributed by atoms with van der Waals surface area (Å²) in [4.78, 5) is 51.0. The van der Waals surface area contributed by atoms with Crippen LogP contribution in [-0.2, 0) is 42.9 Å². The van der Waals surface area contributed by atoms with Crippen LogP contribution in [0.5, 0.6) is 0 Å². The van der Waals surface area contributed by atoms with E-state index in [0.717, 1.165) is 83.5 Å². The van der Waals surface area contributed by atoms with Gasteiger partial charge in [0.15, 0.2) is 24.6 Å². The third kappa shape index (κ3) is 40.8. The molecule has 1 fully saturated rings. The van der Waals surface area contributed by atoms with Gasteiger partial charge in [-0.3, -0.25) is 14.4 Å². The number of hydrogen-bond donors (Lipinski definition) is 3. The number of hydrogen-bond acceptors (Lipinski definition) is 11. The third-order valence-corrected chi connectivity index (χ3v) is 13.0. The number of carbonyl (C=O) groups is 4. The van der Waals surface area contributed by atoms with Crippen molar-refractivity contribution in [2.45, 2.75) is 276 Å². The fourth-order valence-electron chi connectivity index (χ4n) is 8.42. The molecule has 0 aromatic rings. The van der Waals surface area contributed by atoms with E-state index in [1.807, 2.05) is 18.2 Å². The number of carboxylic acid groups (broad SMARTS) is 1. The van der Waals surface area contributed by atoms with Gasteiger partial charge in [0.25, 0.3) is 0 Å². The van der Waals surface area contributed by atoms with Crippen LogP contribution < -0.4 is 0 Å². The Hall–Kier alpha value is -4.10. The predicted octanol–water partition coefficient (Wildman–Crippen LogP) is 15.1. The first kappa shape index (κ1) is 68.9. The number of rotatable bonds is 49. The average Bonchev–Trinajstić information content (AvgIpc) is 3.39. The minimum absolute atomic E-state index is 0.0367. The van der Waals surface area contributed by atoms with E-state index in [9.17, 15) is 34.5 Å². The van der Waals surface area contributed by atoms with Gasteiger partial charge < -0.3 is 39.0 Å². The van der Waals surface area contributed by atoms with E-state index < -0.39 is 67.3 Å². The lowest BCUT2D eigenvalue weighted by Gasteiger charge is -2.40. The lowest BCUT2D eigenvalue weighted by atomic mass is 9.98. The predicted molar refractivity (Wildman–Crippen MR) is 303 cm³/mol. The Kier molecular flexibility index (Phi) is 46.6. The Morgan fingerprint density at radius 3 is 1.37 bits per heavy atom. The lowest BCUT2D eigenvalue weighted by molar-refractivity contribution is -0.301. The first-order valence-electron chi connectivity index (χ1n) is 29.6. The molecule has 6 atom stereocenters. The van der Waals surface area contributed by atoms with Gasteiger partial charge in [-0.05, 0) is 89.9 Å². The Balaban J connectivity index is 2.72. The van der Waals surface area contributed by atoms with Gasteiger partial charge in [-0.15, -0.1) is 0 Å². The zero-order valence-corrected chi connectivity index (χ0v) is 47.0. The second-order valence-corrected chi connectivity index (χ2v) is 19.9. The summed E-state index contributed by atoms with van der Waals surface area (Å²) < 4.78 is 28.2. The summed E-state index contributed by atoms with van der Waals surface area (Å²) in [6, 6.07) is 0. The van der Waals surface area contributed by atoms with Crippen LogP contribution in [0.2, 0.25) is 0 Å². The largest absolute Gasteiger partial charge is 0.479 e. The summed E-state index contributed by atoms with van der Waals surface area (Å²) in [6.07, 6.45) is 53.1. The van der Waals surface area contributed by atoms with E-state index in [2.05, 4.69) is 81.5 Å². The maximum atomic E-state index is 13.1. The van der Waals surface area contributed by atoms with Crippen LogP contribution in [0.3, 0.4) is 0 Å². The molecule has 0 bridgehead atoms. The molecule has 12 heteroatoms. The van der Waals surface area contributed by atoms with Crippen molar-refractivity contribution in [3.05, 3.63) is 85.1 Å². The molecule has 1 saturated heterocycles. The Bertz CT molecular complexity index is 1630. The van der Waals surface area contributed by atoms with Gasteiger partial charge >= 0.3 is 23.9 Å². The van der Waals surface area contributed by atoms with E-state index in [-0.39, 0.29) is 25.9 Å². The standard InChI is InChI=1S/C63H104O12/c1-4-7-10-13-16-19-22-24-26-27-28-29-31-32-35-37-40-43-46-49-55(64)71-52-54(73-56(65)50-47-44-41-39-36-33-30-25-23-20-17-14-11-8-5-2)53-72-63-61(59(68)58(67)60(75-63)62(69)70)74-57(66)51-48-45-42-38-34-21-18-15-12-9-6-3/h8,11,15,17-18,20,24-26,30,36,39,44,47,54,58-61,63,67-68H,4-7,9-10,12-14,16,19,21-23,27-29,31-35,37-38,40-43,45-46,48-53H2,1-3H3,(H,69,70)/b11-8-,18-15-,20-17-,26-24-,30-25-,39-36-,47-44-. The fraction of sp³-hybridized carbons (Fsp3) is 0.714. The highest BCUT2D eigenvalue weighted by molar-refractivity contribution is 5.74. The number of aliphatic hydroxyl groups excluding tert-OH is 2. The molecular formula is C63H104O12. The minimum atomic E-state index is -1.92. The van der Waals surface area contributed by atoms with Gasteiger partial charge in [-0.1, -0.05) is 215 Å². The maximum Gasteiger partial charge on any atom is 0.335 e. The summed E-state index contributed by atoms with van der Waals surface area (Å²) >= 11 is 0. The van der Waals surface area contributed by atoms with Crippen molar-refractivity contribution in [2.24, 2.45) is 0 Å². The number of ether oxygens (including phenoxy) is 5. The molecule has 0 radical (unpaired) electrons. The zero-order valence-electron chi connectivity index (χ0n) is 47.0. The monoisotopic (exact) mass is 1050 g/mol. The van der Waals surface area contributed by atoms with Crippen molar-refractivity contribution < 1.29 is 58.2 Å². The number of aliphatic hydroxyl groups is 2. The van der Waals surface area contributed by atoms with Crippen LogP contribution in [0.4, 0.5) is 0 Å². The second kappa shape index (κ2) is 50.7. The second-order valence-electron chi connectivity index (χ2n) is 19.9. The zero-order chi connectivity index (χ0) is 54.7. The molecular weight excluding hydrogens is 949 g/mol. The van der Waals surface area contributed by atoms with Crippen LogP contribution in [0.15, 0.2) is 85.1 Å². The molecule has 0 aromatic carbocycles. The van der Waals surface area contributed by atoms with E-state index in [0.29, 0.717) is 19.3 Å². The van der Waals surface area contributed by atoms with Crippen LogP contribution >= 0.6 is 0 Å². The van der Waals surface area contributed by atoms with Gasteiger partial charge in [0.2, 0.25) is 0 Å². The van der Waals surface area contributed by atoms with Crippen molar-refractivity contribution in [3.63, 3.8) is 0 Å². The molecule has 0 amide bonds. The topological polar surface area (TPSA) is 175 Å². The van der Waals surface area contributed by atoms with Gasteiger partial charge in [0.1, 0.15) is 18.8 Å². The van der Waals surface area contributed by atoms with Crippen LogP contribution in [0.1, 0.15) is 239 Å². The first-order valence-corrected chi connectivity index (χ1v) is 29.6. The molecule has 1 rings (SSSR count). The van der Waals surface area contributed by atoms with Crippen LogP contribution in [0.25, 0.3) is 0 Å². The average molecular weight is 1050 g/mol. The molecule has 1 heterocycles. The highest BCUT2D eigenvalue weighted by Crippen LogP contribution is 2.26. The van der Waals surface area contributed by atoms with Crippen molar-refractivity contribution in [3.8, 4) is 0 Å². The van der Waals surface area contributed by atoms with Crippen molar-refractivity contribution in [1.82, 2.24) is 0 Å². The molecule has 6 unspecified atom stereocenters. The highest BCUT2D eigenvalue weighted by Gasteiger charge is 2.50. The quantitative estimate of drug-likeness (QED) is 0.0228. The molecule has 1 aliphatic heterocycles. The molecule has 0 spiro atoms. The summed E-state index contributed by atoms with van der Waals surface area (Å²) in [7, 11) is 0. The van der Waals surface area contributed by atoms with E-state index >= 15 is 0 Å². The summed E-state index contributed by atoms with van der Waals surface area (Å²) in [6.45, 7) is 5.74. The number of esters is 3. The number of unbranched alkanes of at least 4 members (excludes halogenated alkanes) is 22. The molecule has 75 heavy (non-hydrogen) atoms. The molecule has 3 N–H and O–H groups in total. The first-order chi connectivity index (χ1) is 36.6. The maximum absolute atomic E-state index is 13.1. The summed E-state index contributed by atoms with van der Waals surface area (Å²) in [5.41, 5.74) is 0. The molecule has 1 aliphatic rings. The van der Waals surface area contributed by atoms with Crippen LogP contribution in [0, 0.1) is 0 Å². The van der Waals surface area contributed by atoms with Crippen molar-refractivity contribution >= 4 is 23.9 Å². The van der Waals surface area contributed by atoms with E-state index in [1.165, 1.54) is 96.3 Å². The van der Waals surface area contributed by atoms with Gasteiger partial charge in [0.05, 0.1) is 13.0 Å². The van der Waals surface area contributed by atoms with Crippen molar-refractivity contribution in [1.29, 1.82) is 0 Å². The Morgan fingerprint density at radius 2 is 0.893 bits per heavy atom. The van der Waals surface area contributed by atoms with Gasteiger partial charge in [-0.25, -0.2) is 4.79 Å². The highest BCUT2D eigenvalue weighted by atomic mass is 16.7. The third-order valence-electron chi connectivity index (χ3n) is 13.0. The minimum Gasteiger partial charge on any atom is -0.479 e. The molecule has 0 aromatic heterocycles. The number of carbonyl (C=O) groups excluding carboxylic acids is 3. The number of carboxylic acids is 1. The normalized spacial score (nSPS) is 18.8. The molecule has 428 valence electrons. The lowest BCUT2D eigenvalue weighted by Crippen LogP contribution is -2.61. The number of allylic oxidation sites excluding steroid dienone is 13. The van der Waals surface area contributed by atoms with Gasteiger partial charge in [-0.2, -0.15) is 0 Å². The Morgan fingerprint density at radius 1 is 0.467 bits per heavy atom.